The number of rotatable bonds is 7. The quantitative estimate of drug-likeness (QED) is 0.299. The summed E-state index contributed by atoms with van der Waals surface area (Å²) in [6.45, 7) is 5.55. The van der Waals surface area contributed by atoms with Crippen LogP contribution in [0.25, 0.3) is 0 Å². The van der Waals surface area contributed by atoms with E-state index in [1.54, 1.807) is 32.6 Å². The van der Waals surface area contributed by atoms with Gasteiger partial charge in [0.1, 0.15) is 0 Å². The summed E-state index contributed by atoms with van der Waals surface area (Å²) in [4.78, 5) is 10.1. The molecule has 2 aromatic rings. The number of nitrogens with zero attached hydrogens (tertiary/aromatic N) is 2. The summed E-state index contributed by atoms with van der Waals surface area (Å²) in [7, 11) is 5.01. The molecule has 6 nitrogen and oxygen atoms in total. The average molecular weight is 569 g/mol. The molecule has 0 fully saturated rings. The van der Waals surface area contributed by atoms with E-state index in [1.807, 2.05) is 19.1 Å². The largest absolute Gasteiger partial charge is 0.493 e. The van der Waals surface area contributed by atoms with Gasteiger partial charge in [0.15, 0.2) is 17.5 Å². The van der Waals surface area contributed by atoms with Crippen molar-refractivity contribution in [1.82, 2.24) is 15.6 Å². The number of hydrogen-bond acceptors (Lipinski definition) is 5. The Bertz CT molecular complexity index is 763. The van der Waals surface area contributed by atoms with E-state index < -0.39 is 0 Å². The maximum Gasteiger partial charge on any atom is 0.191 e. The van der Waals surface area contributed by atoms with Crippen LogP contribution in [0, 0.1) is 13.8 Å². The number of hydrogen-bond donors (Lipinski definition) is 2. The number of aliphatic imine (C=N–C) groups is 1. The first kappa shape index (κ1) is 24.0. The topological polar surface area (TPSA) is 67.8 Å². The van der Waals surface area contributed by atoms with Crippen LogP contribution in [-0.2, 0) is 13.0 Å². The first-order valence-corrected chi connectivity index (χ1v) is 9.87. The average Bonchev–Trinajstić information content (AvgIpc) is 2.95. The zero-order valence-corrected chi connectivity index (χ0v) is 20.9. The third-order valence-corrected chi connectivity index (χ3v) is 5.60. The lowest BCUT2D eigenvalue weighted by molar-refractivity contribution is 0.352. The summed E-state index contributed by atoms with van der Waals surface area (Å²) in [6.07, 6.45) is 0.877. The number of ether oxygens (including phenoxy) is 2. The number of guanidine groups is 1. The summed E-state index contributed by atoms with van der Waals surface area (Å²) in [5.41, 5.74) is 2.18. The van der Waals surface area contributed by atoms with Crippen LogP contribution in [0.5, 0.6) is 11.5 Å². The van der Waals surface area contributed by atoms with Crippen LogP contribution in [0.4, 0.5) is 0 Å². The summed E-state index contributed by atoms with van der Waals surface area (Å²) in [6, 6.07) is 3.95. The minimum atomic E-state index is 0. The Labute approximate surface area is 190 Å². The Hall–Kier alpha value is -1.07. The van der Waals surface area contributed by atoms with E-state index in [0.29, 0.717) is 18.0 Å². The minimum absolute atomic E-state index is 0. The van der Waals surface area contributed by atoms with E-state index in [-0.39, 0.29) is 24.0 Å². The van der Waals surface area contributed by atoms with Gasteiger partial charge >= 0.3 is 0 Å². The SMILES string of the molecule is CN=C(NCCc1nc(C)c(C)s1)NCc1cc(Br)c(OC)c(OC)c1.I. The molecule has 0 amide bonds. The van der Waals surface area contributed by atoms with Crippen molar-refractivity contribution in [2.24, 2.45) is 4.99 Å². The van der Waals surface area contributed by atoms with Gasteiger partial charge in [-0.1, -0.05) is 0 Å². The molecule has 0 bridgehead atoms. The minimum Gasteiger partial charge on any atom is -0.493 e. The normalized spacial score (nSPS) is 11.0. The van der Waals surface area contributed by atoms with E-state index in [9.17, 15) is 0 Å². The number of methoxy groups -OCH3 is 2. The molecule has 0 atom stereocenters. The second-order valence-electron chi connectivity index (χ2n) is 5.66. The first-order chi connectivity index (χ1) is 12.5. The van der Waals surface area contributed by atoms with Gasteiger partial charge in [0, 0.05) is 31.4 Å². The van der Waals surface area contributed by atoms with Crippen molar-refractivity contribution in [2.75, 3.05) is 27.8 Å². The van der Waals surface area contributed by atoms with Crippen LogP contribution in [0.15, 0.2) is 21.6 Å². The molecule has 0 radical (unpaired) electrons. The Balaban J connectivity index is 0.00000364. The highest BCUT2D eigenvalue weighted by Crippen LogP contribution is 2.36. The van der Waals surface area contributed by atoms with Gasteiger partial charge in [-0.15, -0.1) is 35.3 Å². The van der Waals surface area contributed by atoms with Gasteiger partial charge in [-0.25, -0.2) is 4.98 Å². The third kappa shape index (κ3) is 6.79. The van der Waals surface area contributed by atoms with Gasteiger partial charge in [0.25, 0.3) is 0 Å². The third-order valence-electron chi connectivity index (χ3n) is 3.88. The van der Waals surface area contributed by atoms with Crippen LogP contribution in [0.2, 0.25) is 0 Å². The van der Waals surface area contributed by atoms with Crippen molar-refractivity contribution in [3.8, 4) is 11.5 Å². The molecule has 0 unspecified atom stereocenters. The monoisotopic (exact) mass is 568 g/mol. The maximum atomic E-state index is 5.38. The van der Waals surface area contributed by atoms with Crippen LogP contribution in [0.1, 0.15) is 21.1 Å². The van der Waals surface area contributed by atoms with Crippen molar-refractivity contribution < 1.29 is 9.47 Å². The van der Waals surface area contributed by atoms with E-state index >= 15 is 0 Å². The van der Waals surface area contributed by atoms with Gasteiger partial charge < -0.3 is 20.1 Å². The standard InChI is InChI=1S/C18H25BrN4O2S.HI/c1-11-12(2)26-16(23-11)6-7-21-18(20-3)22-10-13-8-14(19)17(25-5)15(9-13)24-4;/h8-9H,6-7,10H2,1-5H3,(H2,20,21,22);1H. The smallest absolute Gasteiger partial charge is 0.191 e. The Kier molecular flexibility index (Phi) is 10.4. The fraction of sp³-hybridized carbons (Fsp3) is 0.444. The van der Waals surface area contributed by atoms with Gasteiger partial charge in [-0.3, -0.25) is 4.99 Å². The number of benzene rings is 1. The summed E-state index contributed by atoms with van der Waals surface area (Å²) >= 11 is 5.26. The zero-order valence-electron chi connectivity index (χ0n) is 16.2. The number of halogens is 2. The lowest BCUT2D eigenvalue weighted by Gasteiger charge is -2.14. The molecule has 27 heavy (non-hydrogen) atoms. The van der Waals surface area contributed by atoms with E-state index in [1.165, 1.54) is 4.88 Å². The van der Waals surface area contributed by atoms with Crippen molar-refractivity contribution in [1.29, 1.82) is 0 Å². The summed E-state index contributed by atoms with van der Waals surface area (Å²) in [5.74, 6) is 2.13. The highest BCUT2D eigenvalue weighted by Gasteiger charge is 2.11. The predicted octanol–water partition coefficient (Wildman–Crippen LogP) is 4.07. The molecular weight excluding hydrogens is 543 g/mol. The van der Waals surface area contributed by atoms with Crippen molar-refractivity contribution in [3.05, 3.63) is 37.7 Å². The molecule has 0 aliphatic rings. The van der Waals surface area contributed by atoms with Crippen LogP contribution >= 0.6 is 51.2 Å². The van der Waals surface area contributed by atoms with Gasteiger partial charge in [0.05, 0.1) is 29.4 Å². The summed E-state index contributed by atoms with van der Waals surface area (Å²) < 4.78 is 11.6. The number of nitrogens with one attached hydrogen (secondary N) is 2. The predicted molar refractivity (Wildman–Crippen MR) is 126 cm³/mol. The van der Waals surface area contributed by atoms with Gasteiger partial charge in [0.2, 0.25) is 0 Å². The highest BCUT2D eigenvalue weighted by molar-refractivity contribution is 14.0. The molecular formula is C18H26BrIN4O2S. The number of aryl methyl sites for hydroxylation is 2. The molecule has 150 valence electrons. The molecule has 0 spiro atoms. The molecule has 0 aliphatic carbocycles. The fourth-order valence-corrected chi connectivity index (χ4v) is 4.00. The maximum absolute atomic E-state index is 5.38. The second-order valence-corrected chi connectivity index (χ2v) is 7.81. The van der Waals surface area contributed by atoms with Crippen LogP contribution in [0.3, 0.4) is 0 Å². The van der Waals surface area contributed by atoms with Gasteiger partial charge in [-0.2, -0.15) is 0 Å². The van der Waals surface area contributed by atoms with Crippen molar-refractivity contribution in [2.45, 2.75) is 26.8 Å². The molecule has 1 aromatic heterocycles. The van der Waals surface area contributed by atoms with E-state index in [0.717, 1.165) is 39.7 Å². The van der Waals surface area contributed by atoms with Crippen molar-refractivity contribution >= 4 is 57.2 Å². The summed E-state index contributed by atoms with van der Waals surface area (Å²) in [5, 5.41) is 7.77. The second kappa shape index (κ2) is 11.7. The molecule has 9 heteroatoms. The first-order valence-electron chi connectivity index (χ1n) is 8.26. The molecule has 0 saturated carbocycles. The fourth-order valence-electron chi connectivity index (χ4n) is 2.41. The number of thiazole rings is 1. The Morgan fingerprint density at radius 1 is 1.22 bits per heavy atom. The van der Waals surface area contributed by atoms with E-state index in [4.69, 9.17) is 9.47 Å². The molecule has 0 aliphatic heterocycles. The van der Waals surface area contributed by atoms with Gasteiger partial charge in [-0.05, 0) is 47.5 Å². The molecule has 0 saturated heterocycles. The van der Waals surface area contributed by atoms with Crippen molar-refractivity contribution in [3.63, 3.8) is 0 Å². The molecule has 2 rings (SSSR count). The molecule has 1 aromatic carbocycles. The van der Waals surface area contributed by atoms with E-state index in [2.05, 4.69) is 43.5 Å². The zero-order chi connectivity index (χ0) is 19.1. The van der Waals surface area contributed by atoms with Crippen LogP contribution in [-0.4, -0.2) is 38.8 Å². The lowest BCUT2D eigenvalue weighted by Crippen LogP contribution is -2.37. The Morgan fingerprint density at radius 2 is 1.96 bits per heavy atom. The van der Waals surface area contributed by atoms with Crippen LogP contribution < -0.4 is 20.1 Å². The molecule has 1 heterocycles. The highest BCUT2D eigenvalue weighted by atomic mass is 127. The number of aromatic nitrogens is 1. The Morgan fingerprint density at radius 3 is 2.52 bits per heavy atom. The lowest BCUT2D eigenvalue weighted by atomic mass is 10.2. The molecule has 2 N–H and O–H groups in total.